The molecule has 2 aromatic carbocycles. The Kier molecular flexibility index (Phi) is 6.84. The number of carbonyl (C=O) groups excluding carboxylic acids is 1. The van der Waals surface area contributed by atoms with Crippen molar-refractivity contribution in [1.29, 1.82) is 0 Å². The first-order valence-electron chi connectivity index (χ1n) is 14.1. The molecule has 2 aromatic rings. The molecule has 37 heavy (non-hydrogen) atoms. The van der Waals surface area contributed by atoms with Crippen LogP contribution in [0.1, 0.15) is 66.2 Å². The van der Waals surface area contributed by atoms with Crippen LogP contribution in [0.15, 0.2) is 80.7 Å². The van der Waals surface area contributed by atoms with Crippen LogP contribution >= 0.6 is 0 Å². The van der Waals surface area contributed by atoms with Gasteiger partial charge in [0.15, 0.2) is 0 Å². The van der Waals surface area contributed by atoms with Crippen LogP contribution in [-0.4, -0.2) is 22.1 Å². The molecule has 3 atom stereocenters. The Morgan fingerprint density at radius 2 is 1.43 bits per heavy atom. The van der Waals surface area contributed by atoms with Gasteiger partial charge in [-0.2, -0.15) is 0 Å². The number of halogens is 1. The predicted molar refractivity (Wildman–Crippen MR) is 149 cm³/mol. The van der Waals surface area contributed by atoms with Crippen molar-refractivity contribution in [2.45, 2.75) is 71.9 Å². The topological polar surface area (TPSA) is 29.1 Å². The van der Waals surface area contributed by atoms with Crippen LogP contribution in [0, 0.1) is 23.2 Å². The van der Waals surface area contributed by atoms with E-state index in [0.717, 1.165) is 19.3 Å². The van der Waals surface area contributed by atoms with E-state index in [1.165, 1.54) is 25.5 Å². The summed E-state index contributed by atoms with van der Waals surface area (Å²) in [6.45, 7) is 9.18. The van der Waals surface area contributed by atoms with Crippen molar-refractivity contribution in [3.05, 3.63) is 80.7 Å². The molecule has 7 rings (SSSR count). The van der Waals surface area contributed by atoms with E-state index in [2.05, 4.69) is 91.6 Å². The van der Waals surface area contributed by atoms with Gasteiger partial charge in [-0.05, 0) is 0 Å². The molecule has 0 heterocycles. The molecule has 4 bridgehead atoms. The van der Waals surface area contributed by atoms with Crippen molar-refractivity contribution in [3.63, 3.8) is 0 Å². The molecule has 1 N–H and O–H groups in total. The Morgan fingerprint density at radius 3 is 1.89 bits per heavy atom. The van der Waals surface area contributed by atoms with E-state index in [0.29, 0.717) is 37.0 Å². The number of amides is 1. The second kappa shape index (κ2) is 9.74. The van der Waals surface area contributed by atoms with E-state index in [9.17, 15) is 4.79 Å². The molecular weight excluding hydrogens is 597 g/mol. The predicted octanol–water partition coefficient (Wildman–Crippen LogP) is 5.74. The molecule has 0 aliphatic heterocycles. The van der Waals surface area contributed by atoms with Gasteiger partial charge in [-0.15, -0.1) is 0 Å². The summed E-state index contributed by atoms with van der Waals surface area (Å²) in [6.07, 6.45) is 4.74. The number of carbonyl (C=O) groups is 1. The van der Waals surface area contributed by atoms with Crippen LogP contribution in [0.25, 0.3) is 0 Å². The molecule has 2 nitrogen and oxygen atoms in total. The van der Waals surface area contributed by atoms with Gasteiger partial charge in [-0.1, -0.05) is 0 Å². The van der Waals surface area contributed by atoms with E-state index in [1.54, 1.807) is 3.28 Å². The van der Waals surface area contributed by atoms with Crippen LogP contribution in [0.3, 0.4) is 0 Å². The monoisotopic (exact) mass is 636 g/mol. The first kappa shape index (κ1) is 26.0. The van der Waals surface area contributed by atoms with E-state index in [4.69, 9.17) is 0 Å². The zero-order valence-corrected chi connectivity index (χ0v) is 27.5. The molecule has 4 saturated carbocycles. The molecule has 5 aliphatic carbocycles. The van der Waals surface area contributed by atoms with Crippen LogP contribution in [0.4, 0.5) is 4.39 Å². The molecule has 1 amide bonds. The second-order valence-corrected chi connectivity index (χ2v) is 35.7. The first-order chi connectivity index (χ1) is 17.7. The quantitative estimate of drug-likeness (QED) is 0.403. The average molecular weight is 637 g/mol. The van der Waals surface area contributed by atoms with Crippen LogP contribution in [0.2, 0.25) is 0 Å². The molecule has 0 radical (unpaired) electrons. The van der Waals surface area contributed by atoms with Crippen molar-refractivity contribution in [3.8, 4) is 0 Å². The second-order valence-electron chi connectivity index (χ2n) is 12.6. The van der Waals surface area contributed by atoms with Crippen LogP contribution in [-0.2, 0) is 24.3 Å². The summed E-state index contributed by atoms with van der Waals surface area (Å²) in [5.74, 6) is 1.39. The Labute approximate surface area is 231 Å². The fourth-order valence-electron chi connectivity index (χ4n) is 8.58. The van der Waals surface area contributed by atoms with Crippen molar-refractivity contribution in [2.75, 3.05) is 0 Å². The van der Waals surface area contributed by atoms with Crippen molar-refractivity contribution in [1.82, 2.24) is 3.26 Å². The number of benzene rings is 2. The Hall–Kier alpha value is -1.25. The zero-order chi connectivity index (χ0) is 25.9. The van der Waals surface area contributed by atoms with E-state index >= 15 is 4.39 Å². The molecule has 0 saturated heterocycles. The van der Waals surface area contributed by atoms with Crippen molar-refractivity contribution >= 4 is 25.3 Å². The van der Waals surface area contributed by atoms with Gasteiger partial charge in [-0.3, -0.25) is 0 Å². The molecule has 5 aliphatic rings. The normalized spacial score (nSPS) is 32.4. The van der Waals surface area contributed by atoms with Gasteiger partial charge in [0.05, 0.1) is 0 Å². The van der Waals surface area contributed by atoms with Gasteiger partial charge in [0.1, 0.15) is 0 Å². The van der Waals surface area contributed by atoms with Crippen molar-refractivity contribution in [2.24, 2.45) is 23.2 Å². The number of nitrogens with one attached hydrogen (secondary N) is 1. The van der Waals surface area contributed by atoms with E-state index in [1.807, 2.05) is 0 Å². The van der Waals surface area contributed by atoms with Gasteiger partial charge in [0.2, 0.25) is 0 Å². The zero-order valence-electron chi connectivity index (χ0n) is 22.6. The number of hydrogen-bond donors (Lipinski definition) is 1. The maximum atomic E-state index is 15.9. The van der Waals surface area contributed by atoms with Gasteiger partial charge < -0.3 is 0 Å². The third-order valence-corrected chi connectivity index (χ3v) is 42.0. The fourth-order valence-corrected chi connectivity index (χ4v) is 45.7. The van der Waals surface area contributed by atoms with E-state index in [-0.39, 0.29) is 5.91 Å². The molecule has 3 unspecified atom stereocenters. The van der Waals surface area contributed by atoms with Crippen LogP contribution in [0.5, 0.6) is 0 Å². The maximum absolute atomic E-state index is 15.9. The molecule has 0 spiro atoms. The SMILES string of the molecule is CC1=C(C)C(C)[C]([Zr]([NH]C(=O)C23CC4CC(CC(F)(C4)C2)C3)[GeH]([c]2ccccc2)[c]2ccccc2)=C1C. The summed E-state index contributed by atoms with van der Waals surface area (Å²) in [6, 6.07) is 22.1. The minimum atomic E-state index is -2.77. The summed E-state index contributed by atoms with van der Waals surface area (Å²) < 4.78 is 24.3. The summed E-state index contributed by atoms with van der Waals surface area (Å²) >= 11 is -2.77. The Balaban J connectivity index is 1.45. The number of rotatable bonds is 6. The molecule has 5 heteroatoms. The third-order valence-electron chi connectivity index (χ3n) is 10.2. The first-order valence-corrected chi connectivity index (χ1v) is 27.5. The minimum absolute atomic E-state index is 0.218. The summed E-state index contributed by atoms with van der Waals surface area (Å²) in [7, 11) is -2.40. The summed E-state index contributed by atoms with van der Waals surface area (Å²) in [4.78, 5) is 14.5. The number of allylic oxidation sites excluding steroid dienone is 4. The van der Waals surface area contributed by atoms with Gasteiger partial charge in [0, 0.05) is 0 Å². The van der Waals surface area contributed by atoms with Gasteiger partial charge in [-0.25, -0.2) is 0 Å². The average Bonchev–Trinajstić information content (AvgIpc) is 3.05. The Bertz CT molecular complexity index is 1220. The molecule has 0 aromatic heterocycles. The van der Waals surface area contributed by atoms with Crippen molar-refractivity contribution < 1.29 is 28.7 Å². The number of hydrogen-bond acceptors (Lipinski definition) is 1. The summed E-state index contributed by atoms with van der Waals surface area (Å²) in [5, 5.41) is 0. The summed E-state index contributed by atoms with van der Waals surface area (Å²) in [5.41, 5.74) is 2.69. The molecule has 4 fully saturated rings. The third kappa shape index (κ3) is 4.52. The fraction of sp³-hybridized carbons (Fsp3) is 0.469. The van der Waals surface area contributed by atoms with Crippen LogP contribution < -0.4 is 12.1 Å². The van der Waals surface area contributed by atoms with Gasteiger partial charge >= 0.3 is 233 Å². The standard InChI is InChI=1S/C12H11Ge.C11H16FNO.C9H13.Zr/c1-3-7-11(8-4-1)13-12-9-5-2-6-10-12;12-11-4-7-1-8(5-11)3-10(2-7,6-11)9(13)14;1-6-5-7(2)9(4)8(6)3;/h1-10,13H;7-8H,1-6H2,(H2,13,14);6H,1-4H3;/q;;;+1/p-1. The van der Waals surface area contributed by atoms with E-state index < -0.39 is 41.2 Å². The number of alkyl halides is 1. The molecular formula is C32H39FGeNOZr. The Morgan fingerprint density at radius 1 is 0.892 bits per heavy atom. The molecule has 193 valence electrons. The van der Waals surface area contributed by atoms with Gasteiger partial charge in [0.25, 0.3) is 0 Å².